The van der Waals surface area contributed by atoms with E-state index >= 15 is 0 Å². The van der Waals surface area contributed by atoms with Crippen molar-refractivity contribution >= 4 is 21.4 Å². The standard InChI is InChI=1S/C18H15F3N4O4S/c19-18(20,21)14-11-13(12-22)5-6-15(14)23-7-9-24(10-8-23)30(28,29)17-4-2-1-3-16(17)25(26)27/h1-6,11H,7-10H2. The van der Waals surface area contributed by atoms with Crippen molar-refractivity contribution in [3.8, 4) is 6.07 Å². The van der Waals surface area contributed by atoms with Gasteiger partial charge in [-0.3, -0.25) is 10.1 Å². The molecule has 0 radical (unpaired) electrons. The number of nitro groups is 1. The number of rotatable bonds is 4. The average molecular weight is 440 g/mol. The molecule has 8 nitrogen and oxygen atoms in total. The fourth-order valence-electron chi connectivity index (χ4n) is 3.24. The summed E-state index contributed by atoms with van der Waals surface area (Å²) in [6.07, 6.45) is -4.68. The van der Waals surface area contributed by atoms with Crippen LogP contribution in [0.2, 0.25) is 0 Å². The van der Waals surface area contributed by atoms with Gasteiger partial charge in [-0.2, -0.15) is 22.7 Å². The lowest BCUT2D eigenvalue weighted by Gasteiger charge is -2.36. The predicted octanol–water partition coefficient (Wildman–Crippen LogP) is 3.00. The normalized spacial score (nSPS) is 15.6. The molecule has 2 aromatic rings. The van der Waals surface area contributed by atoms with Crippen LogP contribution in [0.3, 0.4) is 0 Å². The number of sulfonamides is 1. The second-order valence-corrected chi connectivity index (χ2v) is 8.36. The molecular formula is C18H15F3N4O4S. The summed E-state index contributed by atoms with van der Waals surface area (Å²) in [7, 11) is -4.19. The van der Waals surface area contributed by atoms with E-state index in [4.69, 9.17) is 5.26 Å². The Hall–Kier alpha value is -3.17. The van der Waals surface area contributed by atoms with Gasteiger partial charge in [-0.05, 0) is 24.3 Å². The van der Waals surface area contributed by atoms with Gasteiger partial charge in [0.05, 0.1) is 22.1 Å². The van der Waals surface area contributed by atoms with Crippen LogP contribution in [0, 0.1) is 21.4 Å². The zero-order valence-electron chi connectivity index (χ0n) is 15.3. The molecule has 0 N–H and O–H groups in total. The first-order chi connectivity index (χ1) is 14.1. The fraction of sp³-hybridized carbons (Fsp3) is 0.278. The van der Waals surface area contributed by atoms with E-state index in [9.17, 15) is 31.7 Å². The minimum atomic E-state index is -4.68. The quantitative estimate of drug-likeness (QED) is 0.534. The summed E-state index contributed by atoms with van der Waals surface area (Å²) in [4.78, 5) is 11.3. The number of alkyl halides is 3. The monoisotopic (exact) mass is 440 g/mol. The summed E-state index contributed by atoms with van der Waals surface area (Å²) >= 11 is 0. The van der Waals surface area contributed by atoms with Gasteiger partial charge in [-0.25, -0.2) is 8.42 Å². The lowest BCUT2D eigenvalue weighted by molar-refractivity contribution is -0.387. The molecule has 1 aliphatic heterocycles. The number of para-hydroxylation sites is 1. The number of nitro benzene ring substituents is 1. The van der Waals surface area contributed by atoms with Crippen molar-refractivity contribution in [1.29, 1.82) is 5.26 Å². The first kappa shape index (κ1) is 21.5. The molecule has 0 spiro atoms. The number of hydrogen-bond donors (Lipinski definition) is 0. The van der Waals surface area contributed by atoms with Gasteiger partial charge < -0.3 is 4.90 Å². The second kappa shape index (κ2) is 7.92. The number of hydrogen-bond acceptors (Lipinski definition) is 6. The molecule has 0 aromatic heterocycles. The summed E-state index contributed by atoms with van der Waals surface area (Å²) in [5.74, 6) is 0. The van der Waals surface area contributed by atoms with E-state index in [1.165, 1.54) is 29.2 Å². The molecule has 1 saturated heterocycles. The van der Waals surface area contributed by atoms with Crippen molar-refractivity contribution in [2.24, 2.45) is 0 Å². The minimum absolute atomic E-state index is 0.0468. The van der Waals surface area contributed by atoms with Gasteiger partial charge in [0.15, 0.2) is 4.90 Å². The highest BCUT2D eigenvalue weighted by Crippen LogP contribution is 2.38. The van der Waals surface area contributed by atoms with Crippen molar-refractivity contribution in [2.75, 3.05) is 31.1 Å². The average Bonchev–Trinajstić information content (AvgIpc) is 2.72. The van der Waals surface area contributed by atoms with Gasteiger partial charge in [0.1, 0.15) is 0 Å². The summed E-state index contributed by atoms with van der Waals surface area (Å²) in [6.45, 7) is -0.388. The lowest BCUT2D eigenvalue weighted by Crippen LogP contribution is -2.49. The first-order valence-electron chi connectivity index (χ1n) is 8.65. The van der Waals surface area contributed by atoms with E-state index in [1.54, 1.807) is 6.07 Å². The fourth-order valence-corrected chi connectivity index (χ4v) is 4.82. The van der Waals surface area contributed by atoms with Crippen LogP contribution >= 0.6 is 0 Å². The van der Waals surface area contributed by atoms with Crippen molar-refractivity contribution in [2.45, 2.75) is 11.1 Å². The third-order valence-electron chi connectivity index (χ3n) is 4.69. The molecule has 12 heteroatoms. The molecule has 1 heterocycles. The molecule has 0 aliphatic carbocycles. The van der Waals surface area contributed by atoms with Crippen LogP contribution in [0.1, 0.15) is 11.1 Å². The van der Waals surface area contributed by atoms with Crippen LogP contribution in [0.4, 0.5) is 24.5 Å². The van der Waals surface area contributed by atoms with Gasteiger partial charge in [0.2, 0.25) is 10.0 Å². The van der Waals surface area contributed by atoms with E-state index < -0.39 is 37.3 Å². The van der Waals surface area contributed by atoms with Crippen LogP contribution in [0.5, 0.6) is 0 Å². The molecular weight excluding hydrogens is 425 g/mol. The Morgan fingerprint density at radius 2 is 1.70 bits per heavy atom. The molecule has 1 fully saturated rings. The number of piperazine rings is 1. The van der Waals surface area contributed by atoms with Crippen LogP contribution in [-0.4, -0.2) is 43.8 Å². The minimum Gasteiger partial charge on any atom is -0.368 e. The Balaban J connectivity index is 1.86. The summed E-state index contributed by atoms with van der Waals surface area (Å²) in [5.41, 5.74) is -1.82. The highest BCUT2D eigenvalue weighted by Gasteiger charge is 2.38. The smallest absolute Gasteiger partial charge is 0.368 e. The van der Waals surface area contributed by atoms with Gasteiger partial charge >= 0.3 is 6.18 Å². The van der Waals surface area contributed by atoms with Crippen LogP contribution in [-0.2, 0) is 16.2 Å². The third-order valence-corrected chi connectivity index (χ3v) is 6.64. The molecule has 0 unspecified atom stereocenters. The van der Waals surface area contributed by atoms with Gasteiger partial charge in [-0.15, -0.1) is 0 Å². The SMILES string of the molecule is N#Cc1ccc(N2CCN(S(=O)(=O)c3ccccc3[N+](=O)[O-])CC2)c(C(F)(F)F)c1. The maximum absolute atomic E-state index is 13.4. The maximum Gasteiger partial charge on any atom is 0.418 e. The van der Waals surface area contributed by atoms with E-state index in [-0.39, 0.29) is 37.4 Å². The van der Waals surface area contributed by atoms with Gasteiger partial charge in [0.25, 0.3) is 5.69 Å². The molecule has 0 atom stereocenters. The largest absolute Gasteiger partial charge is 0.418 e. The topological polar surface area (TPSA) is 108 Å². The van der Waals surface area contributed by atoms with Crippen LogP contribution < -0.4 is 4.90 Å². The Bertz CT molecular complexity index is 1120. The second-order valence-electron chi connectivity index (χ2n) is 6.46. The van der Waals surface area contributed by atoms with Crippen molar-refractivity contribution in [3.05, 3.63) is 63.7 Å². The number of halogens is 3. The zero-order valence-corrected chi connectivity index (χ0v) is 16.2. The van der Waals surface area contributed by atoms with E-state index in [0.717, 1.165) is 22.5 Å². The van der Waals surface area contributed by atoms with Crippen molar-refractivity contribution < 1.29 is 26.5 Å². The molecule has 3 rings (SSSR count). The molecule has 2 aromatic carbocycles. The lowest BCUT2D eigenvalue weighted by atomic mass is 10.1. The zero-order chi connectivity index (χ0) is 22.1. The van der Waals surface area contributed by atoms with Crippen molar-refractivity contribution in [1.82, 2.24) is 4.31 Å². The molecule has 0 bridgehead atoms. The van der Waals surface area contributed by atoms with Crippen LogP contribution in [0.25, 0.3) is 0 Å². The molecule has 158 valence electrons. The predicted molar refractivity (Wildman–Crippen MR) is 100 cm³/mol. The Kier molecular flexibility index (Phi) is 5.69. The van der Waals surface area contributed by atoms with Gasteiger partial charge in [0, 0.05) is 37.9 Å². The van der Waals surface area contributed by atoms with Crippen LogP contribution in [0.15, 0.2) is 47.4 Å². The van der Waals surface area contributed by atoms with Crippen molar-refractivity contribution in [3.63, 3.8) is 0 Å². The maximum atomic E-state index is 13.4. The highest BCUT2D eigenvalue weighted by molar-refractivity contribution is 7.89. The van der Waals surface area contributed by atoms with E-state index in [0.29, 0.717) is 0 Å². The molecule has 30 heavy (non-hydrogen) atoms. The number of nitriles is 1. The molecule has 0 amide bonds. The summed E-state index contributed by atoms with van der Waals surface area (Å²) < 4.78 is 67.0. The summed E-state index contributed by atoms with van der Waals surface area (Å²) in [6, 6.07) is 9.79. The third kappa shape index (κ3) is 4.07. The van der Waals surface area contributed by atoms with E-state index in [1.807, 2.05) is 0 Å². The number of nitrogens with zero attached hydrogens (tertiary/aromatic N) is 4. The van der Waals surface area contributed by atoms with E-state index in [2.05, 4.69) is 0 Å². The Labute approximate surface area is 169 Å². The number of anilines is 1. The Morgan fingerprint density at radius 3 is 2.27 bits per heavy atom. The van der Waals surface area contributed by atoms with Gasteiger partial charge in [-0.1, -0.05) is 12.1 Å². The molecule has 0 saturated carbocycles. The number of benzene rings is 2. The summed E-state index contributed by atoms with van der Waals surface area (Å²) in [5, 5.41) is 20.0. The first-order valence-corrected chi connectivity index (χ1v) is 10.1. The molecule has 1 aliphatic rings. The highest BCUT2D eigenvalue weighted by atomic mass is 32.2. The Morgan fingerprint density at radius 1 is 1.07 bits per heavy atom.